The van der Waals surface area contributed by atoms with E-state index in [-0.39, 0.29) is 11.5 Å². The Kier molecular flexibility index (Phi) is 7.23. The van der Waals surface area contributed by atoms with Crippen molar-refractivity contribution in [2.24, 2.45) is 0 Å². The summed E-state index contributed by atoms with van der Waals surface area (Å²) in [5.41, 5.74) is 1.13. The zero-order valence-electron chi connectivity index (χ0n) is 17.4. The standard InChI is InChI=1S/C19H21ClN4O2S.C2H4O/c1-11(21-3)10-25-14-8-23-15(9-22-14)26-13-5-4-12-17(16(13)20)27-18(24-12)19(2)6-7-19;1-2-3/h4-5,8-9,11,21H,6-7,10H2,1-3H3;2H,1H3. The van der Waals surface area contributed by atoms with Crippen LogP contribution in [0.3, 0.4) is 0 Å². The molecule has 1 unspecified atom stereocenters. The Hall–Kier alpha value is -2.29. The number of ether oxygens (including phenoxy) is 2. The molecule has 1 atom stereocenters. The maximum Gasteiger partial charge on any atom is 0.238 e. The molecule has 0 amide bonds. The summed E-state index contributed by atoms with van der Waals surface area (Å²) in [6, 6.07) is 3.99. The third-order valence-electron chi connectivity index (χ3n) is 4.77. The fourth-order valence-corrected chi connectivity index (χ4v) is 4.03. The monoisotopic (exact) mass is 448 g/mol. The molecule has 1 aliphatic carbocycles. The number of hydrogen-bond acceptors (Lipinski definition) is 8. The van der Waals surface area contributed by atoms with Gasteiger partial charge in [0.05, 0.1) is 27.6 Å². The van der Waals surface area contributed by atoms with Crippen LogP contribution >= 0.6 is 22.9 Å². The van der Waals surface area contributed by atoms with E-state index in [2.05, 4.69) is 22.2 Å². The number of rotatable bonds is 7. The molecule has 1 N–H and O–H groups in total. The summed E-state index contributed by atoms with van der Waals surface area (Å²) in [6.45, 7) is 6.23. The summed E-state index contributed by atoms with van der Waals surface area (Å²) in [6.07, 6.45) is 6.20. The van der Waals surface area contributed by atoms with Crippen molar-refractivity contribution in [2.75, 3.05) is 13.7 Å². The van der Waals surface area contributed by atoms with Crippen molar-refractivity contribution in [2.45, 2.75) is 45.1 Å². The molecule has 1 saturated carbocycles. The van der Waals surface area contributed by atoms with Gasteiger partial charge in [0.15, 0.2) is 0 Å². The van der Waals surface area contributed by atoms with Crippen LogP contribution in [0.1, 0.15) is 38.6 Å². The Balaban J connectivity index is 0.000000806. The Morgan fingerprint density at radius 2 is 1.97 bits per heavy atom. The van der Waals surface area contributed by atoms with Gasteiger partial charge in [-0.2, -0.15) is 0 Å². The molecule has 2 heterocycles. The van der Waals surface area contributed by atoms with Crippen molar-refractivity contribution >= 4 is 39.4 Å². The SMILES string of the molecule is CC=O.CNC(C)COc1cnc(Oc2ccc3nc(C4(C)CC4)sc3c2Cl)cn1. The van der Waals surface area contributed by atoms with Gasteiger partial charge in [-0.3, -0.25) is 0 Å². The minimum Gasteiger partial charge on any atom is -0.475 e. The number of fused-ring (bicyclic) bond motifs is 1. The molecule has 1 fully saturated rings. The van der Waals surface area contributed by atoms with E-state index in [9.17, 15) is 0 Å². The van der Waals surface area contributed by atoms with E-state index >= 15 is 0 Å². The van der Waals surface area contributed by atoms with Crippen LogP contribution in [-0.2, 0) is 10.2 Å². The Morgan fingerprint density at radius 1 is 1.30 bits per heavy atom. The first-order valence-electron chi connectivity index (χ1n) is 9.69. The first-order chi connectivity index (χ1) is 14.4. The average Bonchev–Trinajstić information content (AvgIpc) is 3.33. The fourth-order valence-electron chi connectivity index (χ4n) is 2.52. The van der Waals surface area contributed by atoms with Crippen molar-refractivity contribution in [3.63, 3.8) is 0 Å². The second-order valence-electron chi connectivity index (χ2n) is 7.34. The van der Waals surface area contributed by atoms with E-state index in [4.69, 9.17) is 30.9 Å². The summed E-state index contributed by atoms with van der Waals surface area (Å²) in [7, 11) is 1.88. The molecule has 0 spiro atoms. The van der Waals surface area contributed by atoms with Gasteiger partial charge < -0.3 is 19.6 Å². The molecule has 160 valence electrons. The number of halogens is 1. The zero-order chi connectivity index (χ0) is 21.7. The van der Waals surface area contributed by atoms with E-state index in [0.29, 0.717) is 29.1 Å². The number of benzene rings is 1. The topological polar surface area (TPSA) is 86.2 Å². The van der Waals surface area contributed by atoms with Gasteiger partial charge in [0, 0.05) is 11.5 Å². The van der Waals surface area contributed by atoms with Gasteiger partial charge in [-0.1, -0.05) is 18.5 Å². The van der Waals surface area contributed by atoms with Crippen LogP contribution in [0.5, 0.6) is 17.5 Å². The molecule has 3 aromatic rings. The maximum atomic E-state index is 8.81. The number of nitrogens with zero attached hydrogens (tertiary/aromatic N) is 3. The maximum absolute atomic E-state index is 8.81. The number of aldehydes is 1. The Bertz CT molecular complexity index is 1010. The number of nitrogens with one attached hydrogen (secondary N) is 1. The highest BCUT2D eigenvalue weighted by Gasteiger charge is 2.42. The molecule has 4 rings (SSSR count). The molecule has 0 aliphatic heterocycles. The lowest BCUT2D eigenvalue weighted by Gasteiger charge is -2.11. The molecule has 9 heteroatoms. The zero-order valence-corrected chi connectivity index (χ0v) is 19.0. The van der Waals surface area contributed by atoms with Crippen molar-refractivity contribution < 1.29 is 14.3 Å². The lowest BCUT2D eigenvalue weighted by molar-refractivity contribution is -0.106. The fraction of sp³-hybridized carbons (Fsp3) is 0.429. The predicted octanol–water partition coefficient (Wildman–Crippen LogP) is 4.78. The average molecular weight is 449 g/mol. The van der Waals surface area contributed by atoms with Gasteiger partial charge in [0.25, 0.3) is 0 Å². The van der Waals surface area contributed by atoms with Gasteiger partial charge in [0.1, 0.15) is 23.7 Å². The smallest absolute Gasteiger partial charge is 0.238 e. The predicted molar refractivity (Wildman–Crippen MR) is 119 cm³/mol. The van der Waals surface area contributed by atoms with Crippen LogP contribution in [-0.4, -0.2) is 40.9 Å². The van der Waals surface area contributed by atoms with Gasteiger partial charge in [-0.25, -0.2) is 15.0 Å². The van der Waals surface area contributed by atoms with Gasteiger partial charge in [-0.15, -0.1) is 11.3 Å². The molecule has 2 aromatic heterocycles. The molecule has 0 bridgehead atoms. The van der Waals surface area contributed by atoms with Gasteiger partial charge in [0.2, 0.25) is 11.8 Å². The Labute approximate surface area is 184 Å². The normalized spacial score (nSPS) is 15.1. The molecule has 0 radical (unpaired) electrons. The first-order valence-corrected chi connectivity index (χ1v) is 10.9. The minimum atomic E-state index is 0.222. The second-order valence-corrected chi connectivity index (χ2v) is 8.71. The van der Waals surface area contributed by atoms with Crippen molar-refractivity contribution in [1.82, 2.24) is 20.3 Å². The number of aromatic nitrogens is 3. The summed E-state index contributed by atoms with van der Waals surface area (Å²) < 4.78 is 12.3. The summed E-state index contributed by atoms with van der Waals surface area (Å²) >= 11 is 8.22. The van der Waals surface area contributed by atoms with E-state index < -0.39 is 0 Å². The molecule has 7 nitrogen and oxygen atoms in total. The van der Waals surface area contributed by atoms with Crippen LogP contribution in [0, 0.1) is 0 Å². The van der Waals surface area contributed by atoms with Crippen LogP contribution in [0.4, 0.5) is 0 Å². The van der Waals surface area contributed by atoms with E-state index in [1.807, 2.05) is 26.1 Å². The molecule has 1 aliphatic rings. The van der Waals surface area contributed by atoms with E-state index in [1.54, 1.807) is 17.5 Å². The molecule has 0 saturated heterocycles. The molecular formula is C21H25ClN4O3S. The second kappa shape index (κ2) is 9.68. The Morgan fingerprint density at radius 3 is 2.57 bits per heavy atom. The number of thiazole rings is 1. The van der Waals surface area contributed by atoms with Crippen molar-refractivity contribution in [1.29, 1.82) is 0 Å². The van der Waals surface area contributed by atoms with Crippen LogP contribution in [0.25, 0.3) is 10.2 Å². The quantitative estimate of drug-likeness (QED) is 0.520. The third-order valence-corrected chi connectivity index (χ3v) is 6.65. The molecule has 1 aromatic carbocycles. The largest absolute Gasteiger partial charge is 0.475 e. The summed E-state index contributed by atoms with van der Waals surface area (Å²) in [5.74, 6) is 1.37. The highest BCUT2D eigenvalue weighted by molar-refractivity contribution is 7.19. The number of carbonyl (C=O) groups excluding carboxylic acids is 1. The van der Waals surface area contributed by atoms with Crippen LogP contribution < -0.4 is 14.8 Å². The number of hydrogen-bond donors (Lipinski definition) is 1. The minimum absolute atomic E-state index is 0.222. The first kappa shape index (κ1) is 22.4. The number of carbonyl (C=O) groups is 1. The van der Waals surface area contributed by atoms with Crippen molar-refractivity contribution in [3.05, 3.63) is 34.6 Å². The summed E-state index contributed by atoms with van der Waals surface area (Å²) in [5, 5.41) is 4.81. The molecular weight excluding hydrogens is 424 g/mol. The summed E-state index contributed by atoms with van der Waals surface area (Å²) in [4.78, 5) is 22.0. The lowest BCUT2D eigenvalue weighted by Crippen LogP contribution is -2.28. The lowest BCUT2D eigenvalue weighted by atomic mass is 10.2. The third kappa shape index (κ3) is 5.24. The van der Waals surface area contributed by atoms with Crippen LogP contribution in [0.2, 0.25) is 5.02 Å². The highest BCUT2D eigenvalue weighted by Crippen LogP contribution is 2.51. The molecule has 30 heavy (non-hydrogen) atoms. The van der Waals surface area contributed by atoms with Gasteiger partial charge in [-0.05, 0) is 45.9 Å². The van der Waals surface area contributed by atoms with Crippen molar-refractivity contribution in [3.8, 4) is 17.5 Å². The van der Waals surface area contributed by atoms with Gasteiger partial charge >= 0.3 is 0 Å². The van der Waals surface area contributed by atoms with E-state index in [0.717, 1.165) is 21.5 Å². The van der Waals surface area contributed by atoms with Crippen LogP contribution in [0.15, 0.2) is 24.5 Å². The highest BCUT2D eigenvalue weighted by atomic mass is 35.5. The van der Waals surface area contributed by atoms with E-state index in [1.165, 1.54) is 26.0 Å². The number of likely N-dealkylation sites (N-methyl/N-ethyl adjacent to an activating group) is 1.